The Morgan fingerprint density at radius 3 is 2.39 bits per heavy atom. The highest BCUT2D eigenvalue weighted by molar-refractivity contribution is 5.66. The first kappa shape index (κ1) is 18.7. The molecule has 0 amide bonds. The van der Waals surface area contributed by atoms with Crippen molar-refractivity contribution in [3.63, 3.8) is 0 Å². The van der Waals surface area contributed by atoms with Gasteiger partial charge in [-0.3, -0.25) is 0 Å². The highest BCUT2D eigenvalue weighted by atomic mass is 16.5. The lowest BCUT2D eigenvalue weighted by Gasteiger charge is -2.32. The van der Waals surface area contributed by atoms with E-state index in [4.69, 9.17) is 9.84 Å². The highest BCUT2D eigenvalue weighted by Gasteiger charge is 2.37. The minimum atomic E-state index is -1.01. The zero-order chi connectivity index (χ0) is 19.7. The summed E-state index contributed by atoms with van der Waals surface area (Å²) in [5.74, 6) is 0.786. The van der Waals surface area contributed by atoms with Crippen molar-refractivity contribution in [2.24, 2.45) is 0 Å². The fraction of sp³-hybridized carbons (Fsp3) is 0.348. The Morgan fingerprint density at radius 1 is 1.07 bits per heavy atom. The Bertz CT molecular complexity index is 954. The van der Waals surface area contributed by atoms with Crippen molar-refractivity contribution in [3.05, 3.63) is 65.9 Å². The number of ether oxygens (including phenoxy) is 1. The van der Waals surface area contributed by atoms with Crippen molar-refractivity contribution in [2.75, 3.05) is 7.11 Å². The molecule has 1 aliphatic carbocycles. The summed E-state index contributed by atoms with van der Waals surface area (Å²) in [5.41, 5.74) is 3.73. The lowest BCUT2D eigenvalue weighted by Crippen LogP contribution is -2.33. The maximum Gasteiger partial charge on any atom is 0.119 e. The summed E-state index contributed by atoms with van der Waals surface area (Å²) in [5, 5.41) is 25.9. The number of nitrogens with zero attached hydrogens (tertiary/aromatic N) is 2. The van der Waals surface area contributed by atoms with E-state index in [-0.39, 0.29) is 6.10 Å². The van der Waals surface area contributed by atoms with Crippen molar-refractivity contribution < 1.29 is 14.9 Å². The molecule has 2 N–H and O–H groups in total. The third-order valence-electron chi connectivity index (χ3n) is 5.71. The second kappa shape index (κ2) is 7.41. The first-order valence-electron chi connectivity index (χ1n) is 9.71. The lowest BCUT2D eigenvalue weighted by atomic mass is 9.81. The van der Waals surface area contributed by atoms with Gasteiger partial charge in [-0.1, -0.05) is 24.3 Å². The molecule has 0 radical (unpaired) electrons. The predicted molar refractivity (Wildman–Crippen MR) is 109 cm³/mol. The minimum Gasteiger partial charge on any atom is -0.497 e. The first-order chi connectivity index (χ1) is 13.5. The first-order valence-corrected chi connectivity index (χ1v) is 9.71. The van der Waals surface area contributed by atoms with Crippen LogP contribution in [0.15, 0.2) is 54.6 Å². The number of benzene rings is 2. The van der Waals surface area contributed by atoms with Gasteiger partial charge in [-0.05, 0) is 68.5 Å². The maximum absolute atomic E-state index is 11.2. The third-order valence-corrected chi connectivity index (χ3v) is 5.71. The molecular formula is C23H26N2O3. The molecule has 0 bridgehead atoms. The molecule has 1 aliphatic rings. The van der Waals surface area contributed by atoms with E-state index in [1.807, 2.05) is 47.1 Å². The number of aryl methyl sites for hydroxylation is 1. The normalized spacial score (nSPS) is 22.2. The van der Waals surface area contributed by atoms with Crippen LogP contribution in [0.2, 0.25) is 0 Å². The number of aliphatic hydroxyl groups is 2. The van der Waals surface area contributed by atoms with E-state index in [1.165, 1.54) is 0 Å². The van der Waals surface area contributed by atoms with Crippen LogP contribution in [0.4, 0.5) is 0 Å². The highest BCUT2D eigenvalue weighted by Crippen LogP contribution is 2.39. The molecule has 1 fully saturated rings. The van der Waals surface area contributed by atoms with Gasteiger partial charge in [0, 0.05) is 5.56 Å². The van der Waals surface area contributed by atoms with Crippen LogP contribution in [0.3, 0.4) is 0 Å². The van der Waals surface area contributed by atoms with Gasteiger partial charge in [-0.25, -0.2) is 4.68 Å². The van der Waals surface area contributed by atoms with Gasteiger partial charge in [0.2, 0.25) is 0 Å². The smallest absolute Gasteiger partial charge is 0.119 e. The van der Waals surface area contributed by atoms with Crippen molar-refractivity contribution in [2.45, 2.75) is 44.3 Å². The van der Waals surface area contributed by atoms with Gasteiger partial charge in [0.1, 0.15) is 11.4 Å². The molecule has 0 unspecified atom stereocenters. The van der Waals surface area contributed by atoms with E-state index in [0.717, 1.165) is 28.3 Å². The molecule has 5 heteroatoms. The quantitative estimate of drug-likeness (QED) is 0.721. The average Bonchev–Trinajstić information content (AvgIpc) is 3.17. The van der Waals surface area contributed by atoms with Crippen molar-refractivity contribution in [1.29, 1.82) is 0 Å². The molecule has 5 nitrogen and oxygen atoms in total. The van der Waals surface area contributed by atoms with Gasteiger partial charge in [0.25, 0.3) is 0 Å². The molecule has 0 aliphatic heterocycles. The van der Waals surface area contributed by atoms with Crippen molar-refractivity contribution in [1.82, 2.24) is 9.78 Å². The second-order valence-corrected chi connectivity index (χ2v) is 7.60. The molecule has 0 saturated heterocycles. The Hall–Kier alpha value is -2.63. The van der Waals surface area contributed by atoms with E-state index < -0.39 is 5.60 Å². The number of hydrogen-bond donors (Lipinski definition) is 2. The SMILES string of the molecule is COc1ccc(-n2nc(C3(O)CCC(O)CC3)cc2-c2ccccc2C)cc1. The Kier molecular flexibility index (Phi) is 4.96. The third kappa shape index (κ3) is 3.43. The topological polar surface area (TPSA) is 67.5 Å². The van der Waals surface area contributed by atoms with Gasteiger partial charge < -0.3 is 14.9 Å². The van der Waals surface area contributed by atoms with Gasteiger partial charge in [-0.2, -0.15) is 5.10 Å². The Labute approximate surface area is 165 Å². The average molecular weight is 378 g/mol. The van der Waals surface area contributed by atoms with Crippen LogP contribution in [0.25, 0.3) is 16.9 Å². The van der Waals surface area contributed by atoms with E-state index in [0.29, 0.717) is 31.4 Å². The maximum atomic E-state index is 11.2. The lowest BCUT2D eigenvalue weighted by molar-refractivity contribution is -0.0393. The fourth-order valence-electron chi connectivity index (χ4n) is 3.92. The van der Waals surface area contributed by atoms with E-state index >= 15 is 0 Å². The molecule has 28 heavy (non-hydrogen) atoms. The molecule has 1 saturated carbocycles. The van der Waals surface area contributed by atoms with E-state index in [2.05, 4.69) is 19.1 Å². The van der Waals surface area contributed by atoms with Crippen LogP contribution in [0.1, 0.15) is 36.9 Å². The van der Waals surface area contributed by atoms with Gasteiger partial charge in [0.15, 0.2) is 0 Å². The molecule has 0 spiro atoms. The molecule has 1 aromatic heterocycles. The fourth-order valence-corrected chi connectivity index (χ4v) is 3.92. The largest absolute Gasteiger partial charge is 0.497 e. The summed E-state index contributed by atoms with van der Waals surface area (Å²) >= 11 is 0. The van der Waals surface area contributed by atoms with Crippen LogP contribution in [0, 0.1) is 6.92 Å². The van der Waals surface area contributed by atoms with Crippen molar-refractivity contribution in [3.8, 4) is 22.7 Å². The minimum absolute atomic E-state index is 0.334. The summed E-state index contributed by atoms with van der Waals surface area (Å²) in [6.07, 6.45) is 1.87. The Morgan fingerprint density at radius 2 is 1.75 bits per heavy atom. The van der Waals surface area contributed by atoms with E-state index in [9.17, 15) is 10.2 Å². The molecule has 1 heterocycles. The zero-order valence-corrected chi connectivity index (χ0v) is 16.3. The number of hydrogen-bond acceptors (Lipinski definition) is 4. The molecule has 4 rings (SSSR count). The van der Waals surface area contributed by atoms with Crippen LogP contribution in [-0.4, -0.2) is 33.2 Å². The van der Waals surface area contributed by atoms with Gasteiger partial charge in [0.05, 0.1) is 30.3 Å². The number of aromatic nitrogens is 2. The summed E-state index contributed by atoms with van der Waals surface area (Å²) in [7, 11) is 1.65. The van der Waals surface area contributed by atoms with Crippen molar-refractivity contribution >= 4 is 0 Å². The molecule has 2 aromatic carbocycles. The summed E-state index contributed by atoms with van der Waals surface area (Å²) < 4.78 is 7.16. The molecule has 146 valence electrons. The summed E-state index contributed by atoms with van der Waals surface area (Å²) in [6.45, 7) is 2.08. The predicted octanol–water partition coefficient (Wildman–Crippen LogP) is 3.98. The molecule has 3 aromatic rings. The second-order valence-electron chi connectivity index (χ2n) is 7.60. The standard InChI is InChI=1S/C23H26N2O3/c1-16-5-3-4-6-20(16)21-15-22(23(27)13-11-18(26)12-14-23)24-25(21)17-7-9-19(28-2)10-8-17/h3-10,15,18,26-27H,11-14H2,1-2H3. The van der Waals surface area contributed by atoms with Gasteiger partial charge in [-0.15, -0.1) is 0 Å². The monoisotopic (exact) mass is 378 g/mol. The number of methoxy groups -OCH3 is 1. The van der Waals surface area contributed by atoms with Crippen LogP contribution in [-0.2, 0) is 5.60 Å². The molecule has 0 atom stereocenters. The van der Waals surface area contributed by atoms with Crippen LogP contribution < -0.4 is 4.74 Å². The van der Waals surface area contributed by atoms with Gasteiger partial charge >= 0.3 is 0 Å². The zero-order valence-electron chi connectivity index (χ0n) is 16.3. The number of aliphatic hydroxyl groups excluding tert-OH is 1. The summed E-state index contributed by atoms with van der Waals surface area (Å²) in [4.78, 5) is 0. The van der Waals surface area contributed by atoms with Crippen LogP contribution in [0.5, 0.6) is 5.75 Å². The van der Waals surface area contributed by atoms with E-state index in [1.54, 1.807) is 7.11 Å². The Balaban J connectivity index is 1.83. The summed E-state index contributed by atoms with van der Waals surface area (Å²) in [6, 6.07) is 17.9. The molecular weight excluding hydrogens is 352 g/mol. The number of rotatable bonds is 4. The van der Waals surface area contributed by atoms with Crippen LogP contribution >= 0.6 is 0 Å².